The van der Waals surface area contributed by atoms with E-state index in [1.807, 2.05) is 31.0 Å². The second-order valence-electron chi connectivity index (χ2n) is 7.55. The predicted octanol–water partition coefficient (Wildman–Crippen LogP) is 4.22. The summed E-state index contributed by atoms with van der Waals surface area (Å²) in [5.74, 6) is 0.407. The second-order valence-corrected chi connectivity index (χ2v) is 8.79. The van der Waals surface area contributed by atoms with Gasteiger partial charge in [0.1, 0.15) is 0 Å². The summed E-state index contributed by atoms with van der Waals surface area (Å²) in [5, 5.41) is 1.07. The highest BCUT2D eigenvalue weighted by atomic mass is 32.1. The molecule has 1 amide bonds. The largest absolute Gasteiger partial charge is 0.315 e. The molecule has 0 N–H and O–H groups in total. The summed E-state index contributed by atoms with van der Waals surface area (Å²) < 4.78 is 1.16. The van der Waals surface area contributed by atoms with Crippen molar-refractivity contribution in [1.82, 2.24) is 9.88 Å². The summed E-state index contributed by atoms with van der Waals surface area (Å²) in [6.45, 7) is 4.05. The molecule has 0 bridgehead atoms. The first-order valence-corrected chi connectivity index (χ1v) is 10.3. The lowest BCUT2D eigenvalue weighted by atomic mass is 9.94. The topological polar surface area (TPSA) is 36.4 Å². The van der Waals surface area contributed by atoms with Gasteiger partial charge >= 0.3 is 0 Å². The van der Waals surface area contributed by atoms with Gasteiger partial charge in [-0.15, -0.1) is 11.3 Å². The maximum absolute atomic E-state index is 13.0. The summed E-state index contributed by atoms with van der Waals surface area (Å²) in [4.78, 5) is 21.9. The number of hydrogen-bond acceptors (Lipinski definition) is 4. The summed E-state index contributed by atoms with van der Waals surface area (Å²) in [7, 11) is 1.92. The lowest BCUT2D eigenvalue weighted by Gasteiger charge is -2.31. The van der Waals surface area contributed by atoms with Crippen molar-refractivity contribution in [2.24, 2.45) is 5.92 Å². The second kappa shape index (κ2) is 7.04. The predicted molar refractivity (Wildman–Crippen MR) is 104 cm³/mol. The lowest BCUT2D eigenvalue weighted by molar-refractivity contribution is -0.121. The monoisotopic (exact) mass is 357 g/mol. The number of thiazole rings is 1. The van der Waals surface area contributed by atoms with Gasteiger partial charge in [-0.1, -0.05) is 19.3 Å². The molecule has 134 valence electrons. The number of amides is 1. The molecular weight excluding hydrogens is 330 g/mol. The van der Waals surface area contributed by atoms with Gasteiger partial charge in [-0.25, -0.2) is 4.98 Å². The Hall–Kier alpha value is -1.46. The van der Waals surface area contributed by atoms with Gasteiger partial charge in [-0.3, -0.25) is 9.69 Å². The van der Waals surface area contributed by atoms with Gasteiger partial charge in [0, 0.05) is 25.3 Å². The molecule has 0 radical (unpaired) electrons. The van der Waals surface area contributed by atoms with E-state index in [0.29, 0.717) is 6.04 Å². The third kappa shape index (κ3) is 3.44. The lowest BCUT2D eigenvalue weighted by Crippen LogP contribution is -2.38. The van der Waals surface area contributed by atoms with Crippen LogP contribution in [0.5, 0.6) is 0 Å². The zero-order valence-corrected chi connectivity index (χ0v) is 16.0. The minimum Gasteiger partial charge on any atom is -0.315 e. The van der Waals surface area contributed by atoms with Gasteiger partial charge in [0.2, 0.25) is 5.91 Å². The number of carbonyl (C=O) groups excluding carboxylic acids is 1. The minimum absolute atomic E-state index is 0.144. The molecule has 2 fully saturated rings. The first-order chi connectivity index (χ1) is 12.1. The maximum atomic E-state index is 13.0. The molecule has 0 spiro atoms. The highest BCUT2D eigenvalue weighted by Crippen LogP contribution is 2.30. The van der Waals surface area contributed by atoms with E-state index in [1.165, 1.54) is 32.1 Å². The van der Waals surface area contributed by atoms with E-state index in [2.05, 4.69) is 16.0 Å². The Morgan fingerprint density at radius 2 is 2.04 bits per heavy atom. The molecular formula is C20H27N3OS. The number of aryl methyl sites for hydroxylation is 1. The summed E-state index contributed by atoms with van der Waals surface area (Å²) in [6.07, 6.45) is 7.73. The molecule has 1 aliphatic heterocycles. The Labute approximate surface area is 153 Å². The van der Waals surface area contributed by atoms with E-state index < -0.39 is 0 Å². The molecule has 2 aromatic rings. The van der Waals surface area contributed by atoms with Crippen LogP contribution >= 0.6 is 11.3 Å². The highest BCUT2D eigenvalue weighted by Gasteiger charge is 2.34. The smallest absolute Gasteiger partial charge is 0.231 e. The van der Waals surface area contributed by atoms with Crippen molar-refractivity contribution in [3.8, 4) is 0 Å². The van der Waals surface area contributed by atoms with Crippen molar-refractivity contribution in [3.05, 3.63) is 23.2 Å². The number of anilines is 1. The van der Waals surface area contributed by atoms with Gasteiger partial charge < -0.3 is 4.90 Å². The number of nitrogens with zero attached hydrogens (tertiary/aromatic N) is 3. The van der Waals surface area contributed by atoms with Crippen LogP contribution in [0.1, 0.15) is 43.5 Å². The van der Waals surface area contributed by atoms with Gasteiger partial charge in [-0.2, -0.15) is 0 Å². The first-order valence-electron chi connectivity index (χ1n) is 9.50. The molecule has 4 nitrogen and oxygen atoms in total. The van der Waals surface area contributed by atoms with Crippen molar-refractivity contribution in [1.29, 1.82) is 0 Å². The van der Waals surface area contributed by atoms with Crippen LogP contribution in [-0.2, 0) is 4.79 Å². The van der Waals surface area contributed by atoms with E-state index in [1.54, 1.807) is 11.3 Å². The molecule has 1 saturated heterocycles. The number of fused-ring (bicyclic) bond motifs is 1. The SMILES string of the molecule is Cc1nc2ccc(N(C)C(=O)C3CCN(C4CCCCC4)C3)cc2s1. The Balaban J connectivity index is 1.44. The molecule has 5 heteroatoms. The van der Waals surface area contributed by atoms with Gasteiger partial charge in [0.05, 0.1) is 21.1 Å². The van der Waals surface area contributed by atoms with Gasteiger partial charge in [0.25, 0.3) is 0 Å². The summed E-state index contributed by atoms with van der Waals surface area (Å²) in [5.41, 5.74) is 2.01. The van der Waals surface area contributed by atoms with E-state index >= 15 is 0 Å². The van der Waals surface area contributed by atoms with Crippen molar-refractivity contribution in [2.75, 3.05) is 25.0 Å². The number of aromatic nitrogens is 1. The van der Waals surface area contributed by atoms with E-state index in [0.717, 1.165) is 40.4 Å². The molecule has 1 atom stereocenters. The Bertz CT molecular complexity index is 765. The van der Waals surface area contributed by atoms with E-state index in [4.69, 9.17) is 0 Å². The number of rotatable bonds is 3. The fraction of sp³-hybridized carbons (Fsp3) is 0.600. The Kier molecular flexibility index (Phi) is 4.78. The Morgan fingerprint density at radius 3 is 2.84 bits per heavy atom. The zero-order chi connectivity index (χ0) is 17.4. The van der Waals surface area contributed by atoms with Crippen LogP contribution < -0.4 is 4.90 Å². The molecule has 1 saturated carbocycles. The standard InChI is InChI=1S/C20H27N3OS/c1-14-21-18-9-8-17(12-19(18)25-14)22(2)20(24)15-10-11-23(13-15)16-6-4-3-5-7-16/h8-9,12,15-16H,3-7,10-11,13H2,1-2H3. The van der Waals surface area contributed by atoms with Crippen LogP contribution in [0.25, 0.3) is 10.2 Å². The summed E-state index contributed by atoms with van der Waals surface area (Å²) in [6, 6.07) is 6.87. The fourth-order valence-corrected chi connectivity index (χ4v) is 5.27. The first kappa shape index (κ1) is 17.0. The highest BCUT2D eigenvalue weighted by molar-refractivity contribution is 7.18. The van der Waals surface area contributed by atoms with Crippen LogP contribution in [0.2, 0.25) is 0 Å². The Morgan fingerprint density at radius 1 is 1.24 bits per heavy atom. The average molecular weight is 358 g/mol. The molecule has 1 aliphatic carbocycles. The van der Waals surface area contributed by atoms with Crippen molar-refractivity contribution >= 4 is 33.1 Å². The van der Waals surface area contributed by atoms with E-state index in [-0.39, 0.29) is 11.8 Å². The molecule has 1 aromatic carbocycles. The average Bonchev–Trinajstić information content (AvgIpc) is 3.26. The normalized spacial score (nSPS) is 22.6. The third-order valence-electron chi connectivity index (χ3n) is 5.86. The van der Waals surface area contributed by atoms with Gasteiger partial charge in [-0.05, 0) is 50.9 Å². The number of likely N-dealkylation sites (tertiary alicyclic amines) is 1. The van der Waals surface area contributed by atoms with Crippen molar-refractivity contribution < 1.29 is 4.79 Å². The molecule has 2 heterocycles. The molecule has 2 aliphatic rings. The van der Waals surface area contributed by atoms with Crippen molar-refractivity contribution in [3.63, 3.8) is 0 Å². The van der Waals surface area contributed by atoms with Crippen LogP contribution in [0.4, 0.5) is 5.69 Å². The van der Waals surface area contributed by atoms with E-state index in [9.17, 15) is 4.79 Å². The van der Waals surface area contributed by atoms with Crippen LogP contribution in [-0.4, -0.2) is 42.0 Å². The fourth-order valence-electron chi connectivity index (χ4n) is 4.40. The maximum Gasteiger partial charge on any atom is 0.231 e. The number of benzene rings is 1. The zero-order valence-electron chi connectivity index (χ0n) is 15.2. The van der Waals surface area contributed by atoms with Gasteiger partial charge in [0.15, 0.2) is 0 Å². The third-order valence-corrected chi connectivity index (χ3v) is 6.79. The minimum atomic E-state index is 0.144. The van der Waals surface area contributed by atoms with Crippen molar-refractivity contribution in [2.45, 2.75) is 51.5 Å². The number of carbonyl (C=O) groups is 1. The van der Waals surface area contributed by atoms with Crippen LogP contribution in [0.15, 0.2) is 18.2 Å². The molecule has 1 unspecified atom stereocenters. The quantitative estimate of drug-likeness (QED) is 0.825. The molecule has 1 aromatic heterocycles. The van der Waals surface area contributed by atoms with Crippen LogP contribution in [0, 0.1) is 12.8 Å². The summed E-state index contributed by atoms with van der Waals surface area (Å²) >= 11 is 1.69. The van der Waals surface area contributed by atoms with Crippen LogP contribution in [0.3, 0.4) is 0 Å². The molecule has 4 rings (SSSR count). The number of hydrogen-bond donors (Lipinski definition) is 0. The molecule has 25 heavy (non-hydrogen) atoms.